The Bertz CT molecular complexity index is 1400. The van der Waals surface area contributed by atoms with E-state index in [4.69, 9.17) is 26.7 Å². The molecule has 3 heterocycles. The van der Waals surface area contributed by atoms with Crippen molar-refractivity contribution in [2.45, 2.75) is 45.9 Å². The minimum atomic E-state index is -0.112. The van der Waals surface area contributed by atoms with Gasteiger partial charge in [-0.1, -0.05) is 12.1 Å². The highest BCUT2D eigenvalue weighted by Gasteiger charge is 2.42. The number of aromatic nitrogens is 2. The predicted molar refractivity (Wildman–Crippen MR) is 152 cm³/mol. The third-order valence-electron chi connectivity index (χ3n) is 6.69. The van der Waals surface area contributed by atoms with E-state index in [2.05, 4.69) is 65.0 Å². The molecule has 190 valence electrons. The summed E-state index contributed by atoms with van der Waals surface area (Å²) in [5.74, 6) is 1.66. The Morgan fingerprint density at radius 3 is 2.38 bits per heavy atom. The molecule has 0 saturated carbocycles. The van der Waals surface area contributed by atoms with Gasteiger partial charge in [0.1, 0.15) is 11.5 Å². The van der Waals surface area contributed by atoms with Gasteiger partial charge in [-0.25, -0.2) is 0 Å². The number of nitrogens with one attached hydrogen (secondary N) is 1. The summed E-state index contributed by atoms with van der Waals surface area (Å²) in [7, 11) is 1.69. The van der Waals surface area contributed by atoms with Gasteiger partial charge in [0.05, 0.1) is 31.0 Å². The summed E-state index contributed by atoms with van der Waals surface area (Å²) < 4.78 is 13.6. The molecule has 1 aliphatic rings. The van der Waals surface area contributed by atoms with Crippen LogP contribution in [0.2, 0.25) is 0 Å². The second-order valence-corrected chi connectivity index (χ2v) is 9.91. The van der Waals surface area contributed by atoms with Crippen molar-refractivity contribution in [1.82, 2.24) is 14.9 Å². The van der Waals surface area contributed by atoms with Crippen LogP contribution in [-0.4, -0.2) is 27.9 Å². The maximum atomic E-state index is 5.92. The fourth-order valence-electron chi connectivity index (χ4n) is 5.14. The van der Waals surface area contributed by atoms with E-state index in [1.807, 2.05) is 56.4 Å². The molecule has 1 N–H and O–H groups in total. The molecule has 1 aliphatic heterocycles. The van der Waals surface area contributed by atoms with E-state index in [0.717, 1.165) is 40.0 Å². The van der Waals surface area contributed by atoms with Crippen LogP contribution in [0.5, 0.6) is 11.5 Å². The molecule has 2 aromatic carbocycles. The summed E-state index contributed by atoms with van der Waals surface area (Å²) in [5.41, 5.74) is 6.48. The molecular formula is C30H32N4O2S. The Kier molecular flexibility index (Phi) is 6.89. The average molecular weight is 513 g/mol. The van der Waals surface area contributed by atoms with Crippen LogP contribution < -0.4 is 19.7 Å². The summed E-state index contributed by atoms with van der Waals surface area (Å²) >= 11 is 5.92. The summed E-state index contributed by atoms with van der Waals surface area (Å²) in [6.07, 6.45) is 1.95. The number of pyridine rings is 1. The molecule has 0 unspecified atom stereocenters. The molecule has 1 saturated heterocycles. The number of ether oxygens (including phenoxy) is 2. The lowest BCUT2D eigenvalue weighted by Gasteiger charge is -2.28. The van der Waals surface area contributed by atoms with Gasteiger partial charge in [-0.05, 0) is 100 Å². The minimum Gasteiger partial charge on any atom is -0.497 e. The van der Waals surface area contributed by atoms with Crippen molar-refractivity contribution in [3.8, 4) is 17.2 Å². The number of rotatable bonds is 7. The summed E-state index contributed by atoms with van der Waals surface area (Å²) in [5, 5.41) is 4.23. The topological polar surface area (TPSA) is 51.5 Å². The van der Waals surface area contributed by atoms with Crippen LogP contribution in [-0.2, 0) is 0 Å². The van der Waals surface area contributed by atoms with Gasteiger partial charge in [0.15, 0.2) is 5.11 Å². The normalized spacial score (nSPS) is 17.2. The highest BCUT2D eigenvalue weighted by Crippen LogP contribution is 2.44. The number of benzene rings is 2. The zero-order valence-electron chi connectivity index (χ0n) is 21.8. The highest BCUT2D eigenvalue weighted by molar-refractivity contribution is 7.80. The zero-order valence-corrected chi connectivity index (χ0v) is 22.6. The molecular weight excluding hydrogens is 480 g/mol. The van der Waals surface area contributed by atoms with Gasteiger partial charge in [-0.15, -0.1) is 0 Å². The molecule has 0 bridgehead atoms. The summed E-state index contributed by atoms with van der Waals surface area (Å²) in [6.45, 7) is 8.35. The maximum Gasteiger partial charge on any atom is 0.174 e. The second-order valence-electron chi connectivity index (χ2n) is 9.52. The van der Waals surface area contributed by atoms with E-state index in [1.54, 1.807) is 7.11 Å². The van der Waals surface area contributed by atoms with Crippen LogP contribution >= 0.6 is 12.2 Å². The average Bonchev–Trinajstić information content (AvgIpc) is 3.39. The van der Waals surface area contributed by atoms with Crippen LogP contribution in [0.1, 0.15) is 48.6 Å². The molecule has 1 fully saturated rings. The Hall–Kier alpha value is -3.84. The third kappa shape index (κ3) is 4.79. The Labute approximate surface area is 223 Å². The molecule has 5 rings (SSSR count). The SMILES string of the molecule is COc1cccc(-n2c(C)cc([C@@H]3[C@H](c4ccccn4)NC(=S)N3c3ccc(OC(C)C)cc3)c2C)c1. The first kappa shape index (κ1) is 24.8. The van der Waals surface area contributed by atoms with E-state index in [-0.39, 0.29) is 18.2 Å². The van der Waals surface area contributed by atoms with Crippen molar-refractivity contribution < 1.29 is 9.47 Å². The Morgan fingerprint density at radius 1 is 0.919 bits per heavy atom. The quantitative estimate of drug-likeness (QED) is 0.287. The maximum absolute atomic E-state index is 5.92. The number of anilines is 1. The molecule has 37 heavy (non-hydrogen) atoms. The molecule has 0 aliphatic carbocycles. The number of hydrogen-bond donors (Lipinski definition) is 1. The van der Waals surface area contributed by atoms with Gasteiger partial charge >= 0.3 is 0 Å². The zero-order chi connectivity index (χ0) is 26.1. The van der Waals surface area contributed by atoms with E-state index >= 15 is 0 Å². The first-order valence-corrected chi connectivity index (χ1v) is 12.9. The standard InChI is InChI=1S/C30H32N4O2S/c1-19(2)36-24-14-12-22(13-15-24)34-29(28(32-30(34)37)27-11-6-7-16-31-27)26-17-20(3)33(21(26)4)23-9-8-10-25(18-23)35-5/h6-19,28-29H,1-5H3,(H,32,37)/t28-,29+/m0/s1. The van der Waals surface area contributed by atoms with Gasteiger partial charge < -0.3 is 24.3 Å². The molecule has 2 atom stereocenters. The number of aryl methyl sites for hydroxylation is 1. The molecule has 6 nitrogen and oxygen atoms in total. The Morgan fingerprint density at radius 2 is 1.70 bits per heavy atom. The molecule has 2 aromatic heterocycles. The summed E-state index contributed by atoms with van der Waals surface area (Å²) in [4.78, 5) is 6.89. The van der Waals surface area contributed by atoms with E-state index in [9.17, 15) is 0 Å². The van der Waals surface area contributed by atoms with Crippen molar-refractivity contribution in [3.05, 3.63) is 102 Å². The van der Waals surface area contributed by atoms with Crippen molar-refractivity contribution in [1.29, 1.82) is 0 Å². The first-order chi connectivity index (χ1) is 17.9. The Balaban J connectivity index is 1.62. The van der Waals surface area contributed by atoms with Crippen LogP contribution in [0.25, 0.3) is 5.69 Å². The van der Waals surface area contributed by atoms with Crippen LogP contribution in [0.4, 0.5) is 5.69 Å². The number of methoxy groups -OCH3 is 1. The van der Waals surface area contributed by atoms with Crippen LogP contribution in [0.3, 0.4) is 0 Å². The lowest BCUT2D eigenvalue weighted by Crippen LogP contribution is -2.29. The third-order valence-corrected chi connectivity index (χ3v) is 7.00. The van der Waals surface area contributed by atoms with Gasteiger partial charge in [-0.3, -0.25) is 4.98 Å². The molecule has 0 spiro atoms. The number of thiocarbonyl (C=S) groups is 1. The van der Waals surface area contributed by atoms with E-state index in [1.165, 1.54) is 5.56 Å². The van der Waals surface area contributed by atoms with Gasteiger partial charge in [0.25, 0.3) is 0 Å². The predicted octanol–water partition coefficient (Wildman–Crippen LogP) is 6.46. The highest BCUT2D eigenvalue weighted by atomic mass is 32.1. The van der Waals surface area contributed by atoms with Crippen molar-refractivity contribution in [2.24, 2.45) is 0 Å². The largest absolute Gasteiger partial charge is 0.497 e. The molecule has 0 radical (unpaired) electrons. The molecule has 0 amide bonds. The minimum absolute atomic E-state index is 0.0928. The van der Waals surface area contributed by atoms with Crippen molar-refractivity contribution in [3.63, 3.8) is 0 Å². The lowest BCUT2D eigenvalue weighted by molar-refractivity contribution is 0.242. The van der Waals surface area contributed by atoms with Gasteiger partial charge in [-0.2, -0.15) is 0 Å². The van der Waals surface area contributed by atoms with Crippen molar-refractivity contribution >= 4 is 23.0 Å². The number of hydrogen-bond acceptors (Lipinski definition) is 4. The first-order valence-electron chi connectivity index (χ1n) is 12.5. The fraction of sp³-hybridized carbons (Fsp3) is 0.267. The molecule has 4 aromatic rings. The fourth-order valence-corrected chi connectivity index (χ4v) is 5.49. The van der Waals surface area contributed by atoms with Crippen LogP contribution in [0.15, 0.2) is 79.0 Å². The van der Waals surface area contributed by atoms with Gasteiger partial charge in [0.2, 0.25) is 0 Å². The van der Waals surface area contributed by atoms with E-state index < -0.39 is 0 Å². The summed E-state index contributed by atoms with van der Waals surface area (Å²) in [6, 6.07) is 24.3. The smallest absolute Gasteiger partial charge is 0.174 e. The van der Waals surface area contributed by atoms with Crippen molar-refractivity contribution in [2.75, 3.05) is 12.0 Å². The van der Waals surface area contributed by atoms with E-state index in [0.29, 0.717) is 5.11 Å². The number of nitrogens with zero attached hydrogens (tertiary/aromatic N) is 3. The van der Waals surface area contributed by atoms with Gasteiger partial charge in [0, 0.05) is 35.0 Å². The monoisotopic (exact) mass is 512 g/mol. The molecule has 7 heteroatoms. The second kappa shape index (κ2) is 10.3. The van der Waals surface area contributed by atoms with Crippen LogP contribution in [0, 0.1) is 13.8 Å². The lowest BCUT2D eigenvalue weighted by atomic mass is 9.96.